The number of hydrogen-bond acceptors (Lipinski definition) is 5. The van der Waals surface area contributed by atoms with E-state index in [2.05, 4.69) is 15.5 Å². The van der Waals surface area contributed by atoms with Crippen molar-refractivity contribution >= 4 is 5.97 Å². The maximum Gasteiger partial charge on any atom is 0.337 e. The van der Waals surface area contributed by atoms with Crippen molar-refractivity contribution in [3.05, 3.63) is 58.9 Å². The van der Waals surface area contributed by atoms with Crippen molar-refractivity contribution in [3.63, 3.8) is 0 Å². The number of rotatable bonds is 5. The Morgan fingerprint density at radius 1 is 1.22 bits per heavy atom. The molecule has 7 heteroatoms. The number of hydrogen-bond donors (Lipinski definition) is 2. The molecule has 3 heterocycles. The van der Waals surface area contributed by atoms with E-state index in [1.165, 1.54) is 0 Å². The van der Waals surface area contributed by atoms with Gasteiger partial charge in [0.25, 0.3) is 0 Å². The SMILES string of the molecule is COc1ccc(-c2cc3c(cn2)CCc2c(C(=O)O)c(C4(CN)CN(C)C4)n(C)c2-3)cc1. The zero-order valence-electron chi connectivity index (χ0n) is 18.7. The summed E-state index contributed by atoms with van der Waals surface area (Å²) in [6, 6.07) is 9.91. The number of nitrogens with two attached hydrogens (primary N) is 1. The summed E-state index contributed by atoms with van der Waals surface area (Å²) in [6.07, 6.45) is 3.40. The second-order valence-corrected chi connectivity index (χ2v) is 9.03. The zero-order valence-corrected chi connectivity index (χ0v) is 18.7. The van der Waals surface area contributed by atoms with Crippen LogP contribution in [0.5, 0.6) is 5.75 Å². The van der Waals surface area contributed by atoms with Crippen molar-refractivity contribution in [1.82, 2.24) is 14.5 Å². The van der Waals surface area contributed by atoms with Gasteiger partial charge in [-0.2, -0.15) is 0 Å². The Kier molecular flexibility index (Phi) is 4.83. The number of carbonyl (C=O) groups is 1. The summed E-state index contributed by atoms with van der Waals surface area (Å²) < 4.78 is 7.36. The van der Waals surface area contributed by atoms with Crippen LogP contribution in [0.4, 0.5) is 0 Å². The molecule has 0 amide bonds. The van der Waals surface area contributed by atoms with Crippen LogP contribution in [0.3, 0.4) is 0 Å². The summed E-state index contributed by atoms with van der Waals surface area (Å²) in [7, 11) is 5.67. The normalized spacial score (nSPS) is 16.8. The zero-order chi connectivity index (χ0) is 22.6. The van der Waals surface area contributed by atoms with E-state index < -0.39 is 5.97 Å². The second-order valence-electron chi connectivity index (χ2n) is 9.03. The largest absolute Gasteiger partial charge is 0.497 e. The lowest BCUT2D eigenvalue weighted by atomic mass is 9.75. The molecule has 1 aliphatic heterocycles. The molecule has 1 fully saturated rings. The molecule has 2 aromatic heterocycles. The third kappa shape index (κ3) is 2.96. The summed E-state index contributed by atoms with van der Waals surface area (Å²) in [5, 5.41) is 10.2. The van der Waals surface area contributed by atoms with Crippen LogP contribution in [0, 0.1) is 0 Å². The van der Waals surface area contributed by atoms with Gasteiger partial charge in [-0.1, -0.05) is 0 Å². The number of likely N-dealkylation sites (N-methyl/N-ethyl adjacent to an activating group) is 1. The van der Waals surface area contributed by atoms with E-state index >= 15 is 0 Å². The molecule has 1 saturated heterocycles. The number of methoxy groups -OCH3 is 1. The third-order valence-electron chi connectivity index (χ3n) is 7.02. The van der Waals surface area contributed by atoms with E-state index in [-0.39, 0.29) is 5.41 Å². The highest BCUT2D eigenvalue weighted by Crippen LogP contribution is 2.45. The van der Waals surface area contributed by atoms with Gasteiger partial charge in [0, 0.05) is 55.1 Å². The molecule has 5 rings (SSSR count). The molecule has 0 bridgehead atoms. The number of benzene rings is 1. The van der Waals surface area contributed by atoms with Gasteiger partial charge in [0.1, 0.15) is 5.75 Å². The summed E-state index contributed by atoms with van der Waals surface area (Å²) in [5.74, 6) is -0.0724. The van der Waals surface area contributed by atoms with Gasteiger partial charge in [0.15, 0.2) is 0 Å². The molecule has 32 heavy (non-hydrogen) atoms. The van der Waals surface area contributed by atoms with Gasteiger partial charge in [-0.05, 0) is 61.3 Å². The molecule has 3 aromatic rings. The molecule has 0 radical (unpaired) electrons. The van der Waals surface area contributed by atoms with Crippen LogP contribution in [0.15, 0.2) is 36.5 Å². The lowest BCUT2D eigenvalue weighted by Gasteiger charge is -2.48. The quantitative estimate of drug-likeness (QED) is 0.644. The Morgan fingerprint density at radius 3 is 2.53 bits per heavy atom. The van der Waals surface area contributed by atoms with Gasteiger partial charge in [-0.25, -0.2) is 4.79 Å². The molecule has 166 valence electrons. The van der Waals surface area contributed by atoms with Crippen molar-refractivity contribution in [1.29, 1.82) is 0 Å². The van der Waals surface area contributed by atoms with Crippen molar-refractivity contribution in [2.75, 3.05) is 33.8 Å². The van der Waals surface area contributed by atoms with Crippen molar-refractivity contribution in [2.45, 2.75) is 18.3 Å². The predicted molar refractivity (Wildman–Crippen MR) is 123 cm³/mol. The maximum absolute atomic E-state index is 12.5. The summed E-state index contributed by atoms with van der Waals surface area (Å²) in [5.41, 5.74) is 13.1. The molecule has 7 nitrogen and oxygen atoms in total. The van der Waals surface area contributed by atoms with Crippen LogP contribution >= 0.6 is 0 Å². The first-order chi connectivity index (χ1) is 15.4. The number of likely N-dealkylation sites (tertiary alicyclic amines) is 1. The molecule has 1 aliphatic carbocycles. The molecular weight excluding hydrogens is 404 g/mol. The van der Waals surface area contributed by atoms with Gasteiger partial charge in [-0.3, -0.25) is 4.98 Å². The number of aromatic carboxylic acids is 1. The number of ether oxygens (including phenoxy) is 1. The highest BCUT2D eigenvalue weighted by atomic mass is 16.5. The molecule has 3 N–H and O–H groups in total. The standard InChI is InChI=1S/C25H28N4O3/c1-28-13-25(12-26,14-28)23-21(24(30)31)18-9-6-16-11-27-20(10-19(16)22(18)29(23)2)15-4-7-17(32-3)8-5-15/h4-5,7-8,10-11H,6,9,12-14,26H2,1-3H3,(H,30,31). The van der Waals surface area contributed by atoms with Crippen LogP contribution in [-0.4, -0.2) is 59.3 Å². The van der Waals surface area contributed by atoms with Gasteiger partial charge in [0.05, 0.1) is 24.1 Å². The summed E-state index contributed by atoms with van der Waals surface area (Å²) >= 11 is 0. The second kappa shape index (κ2) is 7.46. The Balaban J connectivity index is 1.69. The maximum atomic E-state index is 12.5. The number of pyridine rings is 1. The third-order valence-corrected chi connectivity index (χ3v) is 7.02. The van der Waals surface area contributed by atoms with E-state index in [0.717, 1.165) is 64.6 Å². The molecule has 2 aliphatic rings. The van der Waals surface area contributed by atoms with E-state index in [0.29, 0.717) is 18.5 Å². The fourth-order valence-corrected chi connectivity index (χ4v) is 5.63. The van der Waals surface area contributed by atoms with Gasteiger partial charge in [-0.15, -0.1) is 0 Å². The highest BCUT2D eigenvalue weighted by molar-refractivity contribution is 5.95. The molecule has 1 aromatic carbocycles. The van der Waals surface area contributed by atoms with Crippen LogP contribution < -0.4 is 10.5 Å². The minimum atomic E-state index is -0.868. The smallest absolute Gasteiger partial charge is 0.337 e. The van der Waals surface area contributed by atoms with Crippen molar-refractivity contribution < 1.29 is 14.6 Å². The molecular formula is C25H28N4O3. The summed E-state index contributed by atoms with van der Waals surface area (Å²) in [4.78, 5) is 19.3. The topological polar surface area (TPSA) is 93.6 Å². The van der Waals surface area contributed by atoms with E-state index in [1.54, 1.807) is 7.11 Å². The van der Waals surface area contributed by atoms with E-state index in [1.807, 2.05) is 44.6 Å². The average Bonchev–Trinajstić information content (AvgIpc) is 3.09. The lowest BCUT2D eigenvalue weighted by molar-refractivity contribution is 0.0669. The average molecular weight is 433 g/mol. The molecule has 0 spiro atoms. The Morgan fingerprint density at radius 2 is 1.94 bits per heavy atom. The number of aryl methyl sites for hydroxylation is 1. The Bertz CT molecular complexity index is 1210. The van der Waals surface area contributed by atoms with Crippen LogP contribution in [0.2, 0.25) is 0 Å². The summed E-state index contributed by atoms with van der Waals surface area (Å²) in [6.45, 7) is 1.95. The van der Waals surface area contributed by atoms with E-state index in [9.17, 15) is 9.90 Å². The monoisotopic (exact) mass is 432 g/mol. The van der Waals surface area contributed by atoms with Crippen molar-refractivity contribution in [2.24, 2.45) is 12.8 Å². The molecule has 0 atom stereocenters. The molecule has 0 saturated carbocycles. The number of carboxylic acids is 1. The van der Waals surface area contributed by atoms with Gasteiger partial charge >= 0.3 is 5.97 Å². The first-order valence-corrected chi connectivity index (χ1v) is 10.9. The first-order valence-electron chi connectivity index (χ1n) is 10.9. The molecule has 0 unspecified atom stereocenters. The number of carboxylic acid groups (broad SMARTS) is 1. The highest BCUT2D eigenvalue weighted by Gasteiger charge is 2.47. The number of nitrogens with zero attached hydrogens (tertiary/aromatic N) is 3. The minimum absolute atomic E-state index is 0.333. The van der Waals surface area contributed by atoms with Crippen molar-refractivity contribution in [3.8, 4) is 28.3 Å². The number of aromatic nitrogens is 2. The van der Waals surface area contributed by atoms with Gasteiger partial charge in [0.2, 0.25) is 0 Å². The fraction of sp³-hybridized carbons (Fsp3) is 0.360. The predicted octanol–water partition coefficient (Wildman–Crippen LogP) is 2.70. The fourth-order valence-electron chi connectivity index (χ4n) is 5.63. The van der Waals surface area contributed by atoms with Crippen LogP contribution in [-0.2, 0) is 25.3 Å². The van der Waals surface area contributed by atoms with Crippen LogP contribution in [0.25, 0.3) is 22.5 Å². The Labute approximate surface area is 187 Å². The minimum Gasteiger partial charge on any atom is -0.497 e. The Hall–Kier alpha value is -3.16. The van der Waals surface area contributed by atoms with Crippen LogP contribution in [0.1, 0.15) is 27.2 Å². The van der Waals surface area contributed by atoms with E-state index in [4.69, 9.17) is 15.5 Å². The first kappa shape index (κ1) is 20.7. The lowest BCUT2D eigenvalue weighted by Crippen LogP contribution is -2.62. The number of fused-ring (bicyclic) bond motifs is 3. The van der Waals surface area contributed by atoms with Gasteiger partial charge < -0.3 is 25.0 Å².